The summed E-state index contributed by atoms with van der Waals surface area (Å²) in [5, 5.41) is 0. The van der Waals surface area contributed by atoms with Crippen LogP contribution in [-0.4, -0.2) is 48.8 Å². The molecule has 1 amide bonds. The molecule has 0 unspecified atom stereocenters. The molecule has 1 fully saturated rings. The molecule has 2 heterocycles. The van der Waals surface area contributed by atoms with Crippen LogP contribution in [0, 0.1) is 0 Å². The maximum absolute atomic E-state index is 12.3. The van der Waals surface area contributed by atoms with Gasteiger partial charge in [0.1, 0.15) is 0 Å². The molecule has 6 nitrogen and oxygen atoms in total. The lowest BCUT2D eigenvalue weighted by Crippen LogP contribution is -2.33. The van der Waals surface area contributed by atoms with Crippen LogP contribution in [0.2, 0.25) is 0 Å². The molecule has 1 aromatic heterocycles. The van der Waals surface area contributed by atoms with E-state index in [1.165, 1.54) is 0 Å². The molecule has 1 aliphatic heterocycles. The Labute approximate surface area is 112 Å². The number of aromatic nitrogens is 1. The number of pyridine rings is 1. The van der Waals surface area contributed by atoms with Crippen molar-refractivity contribution in [3.63, 3.8) is 0 Å². The molecule has 1 aliphatic rings. The van der Waals surface area contributed by atoms with Crippen molar-refractivity contribution in [2.24, 2.45) is 5.73 Å². The number of carbonyl (C=O) groups excluding carboxylic acids is 1. The Morgan fingerprint density at radius 3 is 2.89 bits per heavy atom. The summed E-state index contributed by atoms with van der Waals surface area (Å²) in [7, 11) is -3.01. The van der Waals surface area contributed by atoms with Crippen LogP contribution in [0.15, 0.2) is 18.3 Å². The first kappa shape index (κ1) is 14.0. The molecule has 0 aromatic carbocycles. The van der Waals surface area contributed by atoms with Gasteiger partial charge in [-0.15, -0.1) is 0 Å². The van der Waals surface area contributed by atoms with Gasteiger partial charge in [0.25, 0.3) is 5.91 Å². The first-order valence-corrected chi connectivity index (χ1v) is 7.99. The minimum atomic E-state index is -3.01. The number of carbonyl (C=O) groups is 1. The Morgan fingerprint density at radius 1 is 1.37 bits per heavy atom. The largest absolute Gasteiger partial charge is 0.338 e. The zero-order valence-electron chi connectivity index (χ0n) is 10.6. The minimum absolute atomic E-state index is 0.0353. The van der Waals surface area contributed by atoms with Gasteiger partial charge in [0.05, 0.1) is 17.2 Å². The van der Waals surface area contributed by atoms with E-state index in [4.69, 9.17) is 5.73 Å². The fraction of sp³-hybridized carbons (Fsp3) is 0.500. The van der Waals surface area contributed by atoms with E-state index in [1.807, 2.05) is 0 Å². The number of sulfone groups is 1. The smallest absolute Gasteiger partial charge is 0.254 e. The molecule has 1 saturated heterocycles. The molecule has 104 valence electrons. The van der Waals surface area contributed by atoms with E-state index < -0.39 is 9.84 Å². The zero-order valence-corrected chi connectivity index (χ0v) is 11.4. The fourth-order valence-corrected chi connectivity index (χ4v) is 3.32. The van der Waals surface area contributed by atoms with Gasteiger partial charge in [-0.3, -0.25) is 9.78 Å². The van der Waals surface area contributed by atoms with Crippen LogP contribution >= 0.6 is 0 Å². The number of hydrogen-bond donors (Lipinski definition) is 1. The molecule has 7 heteroatoms. The van der Waals surface area contributed by atoms with Crippen molar-refractivity contribution >= 4 is 15.7 Å². The summed E-state index contributed by atoms with van der Waals surface area (Å²) < 4.78 is 23.0. The van der Waals surface area contributed by atoms with Gasteiger partial charge in [-0.05, 0) is 18.6 Å². The van der Waals surface area contributed by atoms with E-state index in [0.29, 0.717) is 24.2 Å². The monoisotopic (exact) mass is 283 g/mol. The van der Waals surface area contributed by atoms with Crippen molar-refractivity contribution < 1.29 is 13.2 Å². The fourth-order valence-electron chi connectivity index (χ4n) is 2.05. The number of amides is 1. The number of rotatable bonds is 2. The Bertz CT molecular complexity index is 571. The van der Waals surface area contributed by atoms with Crippen molar-refractivity contribution in [2.75, 3.05) is 24.6 Å². The van der Waals surface area contributed by atoms with Crippen molar-refractivity contribution in [3.8, 4) is 0 Å². The maximum atomic E-state index is 12.3. The Morgan fingerprint density at radius 2 is 2.16 bits per heavy atom. The Kier molecular flexibility index (Phi) is 4.16. The van der Waals surface area contributed by atoms with Crippen molar-refractivity contribution in [1.82, 2.24) is 9.88 Å². The lowest BCUT2D eigenvalue weighted by molar-refractivity contribution is 0.0768. The first-order chi connectivity index (χ1) is 9.02. The molecule has 0 spiro atoms. The zero-order chi connectivity index (χ0) is 13.9. The first-order valence-electron chi connectivity index (χ1n) is 6.16. The van der Waals surface area contributed by atoms with Gasteiger partial charge in [-0.1, -0.05) is 0 Å². The van der Waals surface area contributed by atoms with Gasteiger partial charge < -0.3 is 10.6 Å². The predicted octanol–water partition coefficient (Wildman–Crippen LogP) is -0.199. The summed E-state index contributed by atoms with van der Waals surface area (Å²) >= 11 is 0. The third-order valence-electron chi connectivity index (χ3n) is 3.12. The normalized spacial score (nSPS) is 18.9. The van der Waals surface area contributed by atoms with Gasteiger partial charge in [0.15, 0.2) is 9.84 Å². The molecule has 1 aromatic rings. The highest BCUT2D eigenvalue weighted by Crippen LogP contribution is 2.11. The highest BCUT2D eigenvalue weighted by atomic mass is 32.2. The Balaban J connectivity index is 2.14. The summed E-state index contributed by atoms with van der Waals surface area (Å²) in [4.78, 5) is 17.9. The third kappa shape index (κ3) is 3.51. The molecule has 0 atom stereocenters. The molecule has 0 radical (unpaired) electrons. The summed E-state index contributed by atoms with van der Waals surface area (Å²) in [6.45, 7) is 0.995. The molecular formula is C12H17N3O3S. The number of nitrogens with two attached hydrogens (primary N) is 1. The van der Waals surface area contributed by atoms with Crippen LogP contribution in [0.4, 0.5) is 0 Å². The SMILES string of the molecule is NCc1cc(C(=O)N2CCCS(=O)(=O)CC2)ccn1. The van der Waals surface area contributed by atoms with Crippen LogP contribution in [0.1, 0.15) is 22.5 Å². The van der Waals surface area contributed by atoms with E-state index in [1.54, 1.807) is 23.2 Å². The second-order valence-electron chi connectivity index (χ2n) is 4.54. The van der Waals surface area contributed by atoms with Gasteiger partial charge in [-0.25, -0.2) is 8.42 Å². The second kappa shape index (κ2) is 5.66. The van der Waals surface area contributed by atoms with Crippen molar-refractivity contribution in [3.05, 3.63) is 29.6 Å². The highest BCUT2D eigenvalue weighted by molar-refractivity contribution is 7.91. The summed E-state index contributed by atoms with van der Waals surface area (Å²) in [5.41, 5.74) is 6.65. The summed E-state index contributed by atoms with van der Waals surface area (Å²) in [6, 6.07) is 3.28. The molecule has 2 rings (SSSR count). The number of nitrogens with zero attached hydrogens (tertiary/aromatic N) is 2. The topological polar surface area (TPSA) is 93.4 Å². The standard InChI is InChI=1S/C12H17N3O3S/c13-9-11-8-10(2-3-14-11)12(16)15-4-1-6-19(17,18)7-5-15/h2-3,8H,1,4-7,9,13H2. The summed E-state index contributed by atoms with van der Waals surface area (Å²) in [5.74, 6) is 0.0311. The summed E-state index contributed by atoms with van der Waals surface area (Å²) in [6.07, 6.45) is 2.03. The van der Waals surface area contributed by atoms with E-state index in [9.17, 15) is 13.2 Å². The Hall–Kier alpha value is -1.47. The average Bonchev–Trinajstić information content (AvgIpc) is 2.59. The average molecular weight is 283 g/mol. The van der Waals surface area contributed by atoms with Crippen molar-refractivity contribution in [1.29, 1.82) is 0 Å². The number of hydrogen-bond acceptors (Lipinski definition) is 5. The van der Waals surface area contributed by atoms with Crippen LogP contribution in [-0.2, 0) is 16.4 Å². The minimum Gasteiger partial charge on any atom is -0.338 e. The lowest BCUT2D eigenvalue weighted by atomic mass is 10.2. The highest BCUT2D eigenvalue weighted by Gasteiger charge is 2.23. The van der Waals surface area contributed by atoms with E-state index in [0.717, 1.165) is 0 Å². The van der Waals surface area contributed by atoms with Crippen LogP contribution in [0.3, 0.4) is 0 Å². The van der Waals surface area contributed by atoms with Gasteiger partial charge in [0, 0.05) is 31.4 Å². The van der Waals surface area contributed by atoms with E-state index >= 15 is 0 Å². The lowest BCUT2D eigenvalue weighted by Gasteiger charge is -2.19. The predicted molar refractivity (Wildman–Crippen MR) is 71.3 cm³/mol. The maximum Gasteiger partial charge on any atom is 0.254 e. The van der Waals surface area contributed by atoms with Crippen LogP contribution in [0.25, 0.3) is 0 Å². The molecule has 2 N–H and O–H groups in total. The molecule has 0 bridgehead atoms. The van der Waals surface area contributed by atoms with E-state index in [2.05, 4.69) is 4.98 Å². The van der Waals surface area contributed by atoms with Gasteiger partial charge >= 0.3 is 0 Å². The van der Waals surface area contributed by atoms with E-state index in [-0.39, 0.29) is 30.5 Å². The van der Waals surface area contributed by atoms with Crippen molar-refractivity contribution in [2.45, 2.75) is 13.0 Å². The quantitative estimate of drug-likeness (QED) is 0.811. The van der Waals surface area contributed by atoms with Gasteiger partial charge in [0.2, 0.25) is 0 Å². The third-order valence-corrected chi connectivity index (χ3v) is 4.83. The van der Waals surface area contributed by atoms with Gasteiger partial charge in [-0.2, -0.15) is 0 Å². The molecule has 0 aliphatic carbocycles. The second-order valence-corrected chi connectivity index (χ2v) is 6.84. The van der Waals surface area contributed by atoms with Crippen LogP contribution < -0.4 is 5.73 Å². The van der Waals surface area contributed by atoms with Crippen LogP contribution in [0.5, 0.6) is 0 Å². The molecule has 0 saturated carbocycles. The molecule has 19 heavy (non-hydrogen) atoms. The molecular weight excluding hydrogens is 266 g/mol.